The van der Waals surface area contributed by atoms with E-state index >= 15 is 0 Å². The first kappa shape index (κ1) is 15.9. The Morgan fingerprint density at radius 2 is 2.05 bits per heavy atom. The maximum Gasteiger partial charge on any atom is 0.128 e. The lowest BCUT2D eigenvalue weighted by molar-refractivity contribution is 0.211. The van der Waals surface area contributed by atoms with E-state index in [1.54, 1.807) is 10.9 Å². The summed E-state index contributed by atoms with van der Waals surface area (Å²) >= 11 is 6.24. The van der Waals surface area contributed by atoms with Crippen LogP contribution in [0.4, 0.5) is 0 Å². The second-order valence-corrected chi connectivity index (χ2v) is 6.07. The summed E-state index contributed by atoms with van der Waals surface area (Å²) in [5.41, 5.74) is 1.74. The van der Waals surface area contributed by atoms with E-state index in [0.29, 0.717) is 11.6 Å². The molecule has 0 spiro atoms. The number of likely N-dealkylation sites (N-methyl/N-ethyl adjacent to an activating group) is 1. The van der Waals surface area contributed by atoms with Crippen LogP contribution in [0.5, 0.6) is 5.75 Å². The molecule has 0 radical (unpaired) electrons. The molecule has 0 aliphatic carbocycles. The zero-order valence-electron chi connectivity index (χ0n) is 13.0. The van der Waals surface area contributed by atoms with Crippen LogP contribution in [-0.4, -0.2) is 28.5 Å². The summed E-state index contributed by atoms with van der Waals surface area (Å²) < 4.78 is 7.79. The highest BCUT2D eigenvalue weighted by Crippen LogP contribution is 2.34. The van der Waals surface area contributed by atoms with E-state index in [-0.39, 0.29) is 5.54 Å². The quantitative estimate of drug-likeness (QED) is 0.887. The first-order valence-electron chi connectivity index (χ1n) is 7.09. The lowest BCUT2D eigenvalue weighted by Crippen LogP contribution is -2.44. The van der Waals surface area contributed by atoms with Crippen LogP contribution in [0.1, 0.15) is 20.8 Å². The topological polar surface area (TPSA) is 39.1 Å². The highest BCUT2D eigenvalue weighted by atomic mass is 35.5. The van der Waals surface area contributed by atoms with Gasteiger partial charge < -0.3 is 10.1 Å². The van der Waals surface area contributed by atoms with Gasteiger partial charge in [0.25, 0.3) is 0 Å². The van der Waals surface area contributed by atoms with E-state index in [1.807, 2.05) is 31.3 Å². The molecule has 1 aromatic heterocycles. The molecule has 1 N–H and O–H groups in total. The fourth-order valence-corrected chi connectivity index (χ4v) is 2.56. The van der Waals surface area contributed by atoms with Gasteiger partial charge in [-0.25, -0.2) is 0 Å². The zero-order chi connectivity index (χ0) is 15.5. The number of aryl methyl sites for hydroxylation is 1. The van der Waals surface area contributed by atoms with Crippen LogP contribution in [0.15, 0.2) is 30.5 Å². The summed E-state index contributed by atoms with van der Waals surface area (Å²) in [6.45, 7) is 7.82. The first-order chi connectivity index (χ1) is 9.94. The number of benzene rings is 1. The number of ether oxygens (including phenoxy) is 1. The lowest BCUT2D eigenvalue weighted by atomic mass is 10.1. The van der Waals surface area contributed by atoms with Crippen LogP contribution in [0, 0.1) is 0 Å². The van der Waals surface area contributed by atoms with Crippen LogP contribution in [0.3, 0.4) is 0 Å². The van der Waals surface area contributed by atoms with E-state index in [9.17, 15) is 0 Å². The third kappa shape index (κ3) is 3.77. The Morgan fingerprint density at radius 3 is 2.67 bits per heavy atom. The molecule has 2 aromatic rings. The minimum Gasteiger partial charge on any atom is -0.491 e. The van der Waals surface area contributed by atoms with Crippen molar-refractivity contribution in [3.63, 3.8) is 0 Å². The molecule has 0 bridgehead atoms. The van der Waals surface area contributed by atoms with Crippen LogP contribution in [-0.2, 0) is 7.05 Å². The minimum absolute atomic E-state index is 0.0852. The van der Waals surface area contributed by atoms with Gasteiger partial charge >= 0.3 is 0 Å². The van der Waals surface area contributed by atoms with Gasteiger partial charge in [0.2, 0.25) is 0 Å². The molecular formula is C16H22ClN3O. The molecule has 0 aliphatic heterocycles. The van der Waals surface area contributed by atoms with Crippen molar-refractivity contribution >= 4 is 11.6 Å². The summed E-state index contributed by atoms with van der Waals surface area (Å²) in [6, 6.07) is 7.89. The van der Waals surface area contributed by atoms with Crippen molar-refractivity contribution in [2.75, 3.05) is 13.2 Å². The second kappa shape index (κ2) is 6.50. The maximum atomic E-state index is 6.24. The van der Waals surface area contributed by atoms with Crippen molar-refractivity contribution in [3.05, 3.63) is 35.5 Å². The average Bonchev–Trinajstić information content (AvgIpc) is 2.76. The fraction of sp³-hybridized carbons (Fsp3) is 0.438. The molecular weight excluding hydrogens is 286 g/mol. The number of aromatic nitrogens is 2. The van der Waals surface area contributed by atoms with Crippen molar-refractivity contribution < 1.29 is 4.74 Å². The number of hydrogen-bond acceptors (Lipinski definition) is 3. The Balaban J connectivity index is 2.26. The molecule has 114 valence electrons. The average molecular weight is 308 g/mol. The van der Waals surface area contributed by atoms with E-state index in [4.69, 9.17) is 16.3 Å². The third-order valence-corrected chi connectivity index (χ3v) is 3.56. The van der Waals surface area contributed by atoms with Gasteiger partial charge in [-0.05, 0) is 32.5 Å². The number of nitrogens with zero attached hydrogens (tertiary/aromatic N) is 2. The van der Waals surface area contributed by atoms with Gasteiger partial charge in [-0.3, -0.25) is 4.68 Å². The number of halogens is 1. The Morgan fingerprint density at radius 1 is 1.33 bits per heavy atom. The summed E-state index contributed by atoms with van der Waals surface area (Å²) in [5, 5.41) is 8.21. The molecule has 2 rings (SSSR count). The van der Waals surface area contributed by atoms with E-state index < -0.39 is 0 Å². The van der Waals surface area contributed by atoms with Gasteiger partial charge in [-0.15, -0.1) is 0 Å². The molecule has 0 saturated carbocycles. The molecule has 1 aromatic carbocycles. The van der Waals surface area contributed by atoms with Crippen molar-refractivity contribution in [2.24, 2.45) is 7.05 Å². The standard InChI is InChI=1S/C16H22ClN3O/c1-5-18-16(2,3)11-21-14-9-7-6-8-12(14)15-13(17)10-19-20(15)4/h6-10,18H,5,11H2,1-4H3. The largest absolute Gasteiger partial charge is 0.491 e. The van der Waals surface area contributed by atoms with Crippen molar-refractivity contribution in [2.45, 2.75) is 26.3 Å². The van der Waals surface area contributed by atoms with E-state index in [2.05, 4.69) is 31.2 Å². The van der Waals surface area contributed by atoms with Crippen molar-refractivity contribution in [1.29, 1.82) is 0 Å². The van der Waals surface area contributed by atoms with Crippen molar-refractivity contribution in [1.82, 2.24) is 15.1 Å². The van der Waals surface area contributed by atoms with Gasteiger partial charge in [0.15, 0.2) is 0 Å². The van der Waals surface area contributed by atoms with E-state index in [0.717, 1.165) is 23.6 Å². The normalized spacial score (nSPS) is 11.7. The molecule has 21 heavy (non-hydrogen) atoms. The lowest BCUT2D eigenvalue weighted by Gasteiger charge is -2.26. The van der Waals surface area contributed by atoms with Gasteiger partial charge in [0.1, 0.15) is 12.4 Å². The van der Waals surface area contributed by atoms with Crippen LogP contribution < -0.4 is 10.1 Å². The first-order valence-corrected chi connectivity index (χ1v) is 7.47. The molecule has 0 unspecified atom stereocenters. The molecule has 0 amide bonds. The van der Waals surface area contributed by atoms with Gasteiger partial charge in [0, 0.05) is 18.2 Å². The number of nitrogens with one attached hydrogen (secondary N) is 1. The Labute approximate surface area is 131 Å². The van der Waals surface area contributed by atoms with Crippen LogP contribution in [0.2, 0.25) is 5.02 Å². The summed E-state index contributed by atoms with van der Waals surface area (Å²) in [7, 11) is 1.88. The molecule has 0 fully saturated rings. The van der Waals surface area contributed by atoms with E-state index in [1.165, 1.54) is 0 Å². The van der Waals surface area contributed by atoms with Crippen LogP contribution in [0.25, 0.3) is 11.3 Å². The molecule has 0 aliphatic rings. The Kier molecular flexibility index (Phi) is 4.91. The summed E-state index contributed by atoms with van der Waals surface area (Å²) in [6.07, 6.45) is 1.65. The fourth-order valence-electron chi connectivity index (χ4n) is 2.29. The Bertz CT molecular complexity index is 588. The Hall–Kier alpha value is -1.52. The molecule has 1 heterocycles. The molecule has 0 saturated heterocycles. The highest BCUT2D eigenvalue weighted by molar-refractivity contribution is 6.33. The van der Waals surface area contributed by atoms with Gasteiger partial charge in [-0.1, -0.05) is 30.7 Å². The van der Waals surface area contributed by atoms with Gasteiger partial charge in [0.05, 0.1) is 16.9 Å². The van der Waals surface area contributed by atoms with Crippen molar-refractivity contribution in [3.8, 4) is 17.0 Å². The number of rotatable bonds is 6. The minimum atomic E-state index is -0.0852. The third-order valence-electron chi connectivity index (χ3n) is 3.28. The predicted molar refractivity (Wildman–Crippen MR) is 86.9 cm³/mol. The zero-order valence-corrected chi connectivity index (χ0v) is 13.7. The van der Waals surface area contributed by atoms with Crippen LogP contribution >= 0.6 is 11.6 Å². The van der Waals surface area contributed by atoms with Gasteiger partial charge in [-0.2, -0.15) is 5.10 Å². The predicted octanol–water partition coefficient (Wildman–Crippen LogP) is 3.51. The smallest absolute Gasteiger partial charge is 0.128 e. The second-order valence-electron chi connectivity index (χ2n) is 5.66. The monoisotopic (exact) mass is 307 g/mol. The highest BCUT2D eigenvalue weighted by Gasteiger charge is 2.19. The SMILES string of the molecule is CCNC(C)(C)COc1ccccc1-c1c(Cl)cnn1C. The number of para-hydroxylation sites is 1. The summed E-state index contributed by atoms with van der Waals surface area (Å²) in [5.74, 6) is 0.814. The molecule has 5 heteroatoms. The number of hydrogen-bond donors (Lipinski definition) is 1. The molecule has 0 atom stereocenters. The summed E-state index contributed by atoms with van der Waals surface area (Å²) in [4.78, 5) is 0. The molecule has 4 nitrogen and oxygen atoms in total. The maximum absolute atomic E-state index is 6.24.